The summed E-state index contributed by atoms with van der Waals surface area (Å²) < 4.78 is 13.0. The number of benzene rings is 2. The van der Waals surface area contributed by atoms with Gasteiger partial charge in [0, 0.05) is 17.6 Å². The summed E-state index contributed by atoms with van der Waals surface area (Å²) >= 11 is 0. The molecule has 126 valence electrons. The molecule has 1 heterocycles. The monoisotopic (exact) mass is 335 g/mol. The Kier molecular flexibility index (Phi) is 5.04. The molecule has 2 aromatic carbocycles. The van der Waals surface area contributed by atoms with E-state index in [9.17, 15) is 9.18 Å². The van der Waals surface area contributed by atoms with Gasteiger partial charge in [0.2, 0.25) is 5.91 Å². The fourth-order valence-corrected chi connectivity index (χ4v) is 2.41. The number of hydrogen-bond donors (Lipinski definition) is 2. The van der Waals surface area contributed by atoms with Crippen LogP contribution in [-0.2, 0) is 4.79 Å². The van der Waals surface area contributed by atoms with Crippen LogP contribution in [0.1, 0.15) is 18.4 Å². The number of carbonyl (C=O) groups is 1. The average Bonchev–Trinajstić information content (AvgIpc) is 2.64. The highest BCUT2D eigenvalue weighted by Crippen LogP contribution is 2.23. The second-order valence-corrected chi connectivity index (χ2v) is 5.68. The van der Waals surface area contributed by atoms with Crippen LogP contribution in [0.4, 0.5) is 21.6 Å². The highest BCUT2D eigenvalue weighted by atomic mass is 19.1. The summed E-state index contributed by atoms with van der Waals surface area (Å²) in [5, 5.41) is 6.01. The minimum Gasteiger partial charge on any atom is -0.356 e. The Morgan fingerprint density at radius 1 is 1.00 bits per heavy atom. The second kappa shape index (κ2) is 7.57. The van der Waals surface area contributed by atoms with Crippen LogP contribution >= 0.6 is 0 Å². The van der Waals surface area contributed by atoms with Gasteiger partial charge in [0.15, 0.2) is 0 Å². The first kappa shape index (κ1) is 16.6. The molecule has 3 rings (SSSR count). The summed E-state index contributed by atoms with van der Waals surface area (Å²) in [4.78, 5) is 16.5. The maximum atomic E-state index is 13.0. The summed E-state index contributed by atoms with van der Waals surface area (Å²) in [6.45, 7) is 1.84. The zero-order valence-electron chi connectivity index (χ0n) is 13.7. The molecule has 25 heavy (non-hydrogen) atoms. The van der Waals surface area contributed by atoms with E-state index in [0.717, 1.165) is 16.9 Å². The van der Waals surface area contributed by atoms with Crippen molar-refractivity contribution < 1.29 is 9.18 Å². The van der Waals surface area contributed by atoms with E-state index in [2.05, 4.69) is 15.6 Å². The third-order valence-corrected chi connectivity index (χ3v) is 3.83. The van der Waals surface area contributed by atoms with Crippen LogP contribution in [0.15, 0.2) is 72.9 Å². The van der Waals surface area contributed by atoms with Crippen LogP contribution in [-0.4, -0.2) is 10.9 Å². The zero-order chi connectivity index (χ0) is 17.6. The number of carbonyl (C=O) groups excluding carboxylic acids is 1. The molecule has 1 aromatic heterocycles. The minimum absolute atomic E-state index is 0.127. The van der Waals surface area contributed by atoms with Gasteiger partial charge in [0.05, 0.1) is 5.92 Å². The summed E-state index contributed by atoms with van der Waals surface area (Å²) in [7, 11) is 0. The van der Waals surface area contributed by atoms with E-state index >= 15 is 0 Å². The lowest BCUT2D eigenvalue weighted by molar-refractivity contribution is -0.117. The van der Waals surface area contributed by atoms with Gasteiger partial charge in [-0.3, -0.25) is 4.79 Å². The van der Waals surface area contributed by atoms with E-state index in [-0.39, 0.29) is 17.6 Å². The van der Waals surface area contributed by atoms with Gasteiger partial charge >= 0.3 is 0 Å². The molecule has 1 unspecified atom stereocenters. The number of anilines is 3. The van der Waals surface area contributed by atoms with Crippen LogP contribution in [0.3, 0.4) is 0 Å². The first-order chi connectivity index (χ1) is 12.1. The largest absolute Gasteiger partial charge is 0.356 e. The quantitative estimate of drug-likeness (QED) is 0.710. The third-order valence-electron chi connectivity index (χ3n) is 3.83. The molecule has 1 amide bonds. The molecular weight excluding hydrogens is 317 g/mol. The Morgan fingerprint density at radius 3 is 2.52 bits per heavy atom. The van der Waals surface area contributed by atoms with Gasteiger partial charge in [-0.25, -0.2) is 9.37 Å². The predicted molar refractivity (Wildman–Crippen MR) is 97.4 cm³/mol. The number of nitrogens with zero attached hydrogens (tertiary/aromatic N) is 1. The van der Waals surface area contributed by atoms with Crippen LogP contribution in [0.5, 0.6) is 0 Å². The van der Waals surface area contributed by atoms with E-state index < -0.39 is 0 Å². The highest BCUT2D eigenvalue weighted by Gasteiger charge is 2.16. The Morgan fingerprint density at radius 2 is 1.80 bits per heavy atom. The molecule has 3 aromatic rings. The van der Waals surface area contributed by atoms with E-state index in [0.29, 0.717) is 5.82 Å². The van der Waals surface area contributed by atoms with Crippen LogP contribution in [0, 0.1) is 5.82 Å². The van der Waals surface area contributed by atoms with Gasteiger partial charge in [0.1, 0.15) is 11.6 Å². The van der Waals surface area contributed by atoms with Crippen molar-refractivity contribution >= 4 is 23.1 Å². The lowest BCUT2D eigenvalue weighted by Crippen LogP contribution is -2.19. The molecule has 2 N–H and O–H groups in total. The molecule has 0 bridgehead atoms. The smallest absolute Gasteiger partial charge is 0.232 e. The van der Waals surface area contributed by atoms with E-state index in [4.69, 9.17) is 0 Å². The average molecular weight is 335 g/mol. The molecule has 1 atom stereocenters. The zero-order valence-corrected chi connectivity index (χ0v) is 13.7. The Bertz CT molecular complexity index is 850. The number of hydrogen-bond acceptors (Lipinski definition) is 3. The van der Waals surface area contributed by atoms with Crippen molar-refractivity contribution in [2.24, 2.45) is 0 Å². The van der Waals surface area contributed by atoms with Crippen molar-refractivity contribution in [3.8, 4) is 0 Å². The molecule has 0 saturated heterocycles. The van der Waals surface area contributed by atoms with E-state index in [1.807, 2.05) is 37.3 Å². The Hall–Kier alpha value is -3.21. The van der Waals surface area contributed by atoms with Crippen molar-refractivity contribution in [1.82, 2.24) is 4.98 Å². The molecule has 0 aliphatic carbocycles. The number of nitrogens with one attached hydrogen (secondary N) is 2. The molecule has 0 spiro atoms. The minimum atomic E-state index is -0.336. The van der Waals surface area contributed by atoms with E-state index in [1.165, 1.54) is 12.1 Å². The lowest BCUT2D eigenvalue weighted by Gasteiger charge is -2.14. The van der Waals surface area contributed by atoms with Gasteiger partial charge in [0.25, 0.3) is 0 Å². The molecule has 0 saturated carbocycles. The van der Waals surface area contributed by atoms with Crippen molar-refractivity contribution in [2.45, 2.75) is 12.8 Å². The predicted octanol–water partition coefficient (Wildman–Crippen LogP) is 4.71. The van der Waals surface area contributed by atoms with Gasteiger partial charge < -0.3 is 10.6 Å². The maximum Gasteiger partial charge on any atom is 0.232 e. The molecule has 0 aliphatic heterocycles. The third kappa shape index (κ3) is 4.41. The molecule has 4 nitrogen and oxygen atoms in total. The van der Waals surface area contributed by atoms with Gasteiger partial charge in [-0.15, -0.1) is 0 Å². The van der Waals surface area contributed by atoms with E-state index in [1.54, 1.807) is 30.5 Å². The SMILES string of the molecule is CC(C(=O)Nc1ccccn1)c1cccc(Nc2ccc(F)cc2)c1. The van der Waals surface area contributed by atoms with Crippen LogP contribution in [0.25, 0.3) is 0 Å². The van der Waals surface area contributed by atoms with Crippen molar-refractivity contribution in [3.63, 3.8) is 0 Å². The summed E-state index contributed by atoms with van der Waals surface area (Å²) in [6.07, 6.45) is 1.63. The molecule has 0 radical (unpaired) electrons. The van der Waals surface area contributed by atoms with Gasteiger partial charge in [-0.2, -0.15) is 0 Å². The molecule has 0 aliphatic rings. The molecule has 0 fully saturated rings. The number of amides is 1. The fourth-order valence-electron chi connectivity index (χ4n) is 2.41. The van der Waals surface area contributed by atoms with Crippen LogP contribution < -0.4 is 10.6 Å². The molecule has 5 heteroatoms. The summed E-state index contributed by atoms with van der Waals surface area (Å²) in [6, 6.07) is 19.1. The first-order valence-corrected chi connectivity index (χ1v) is 7.96. The fraction of sp³-hybridized carbons (Fsp3) is 0.100. The number of halogens is 1. The summed E-state index contributed by atoms with van der Waals surface area (Å²) in [5.41, 5.74) is 2.49. The normalized spacial score (nSPS) is 11.6. The number of aromatic nitrogens is 1. The summed E-state index contributed by atoms with van der Waals surface area (Å²) in [5.74, 6) is -0.214. The maximum absolute atomic E-state index is 13.0. The van der Waals surface area contributed by atoms with Gasteiger partial charge in [-0.1, -0.05) is 18.2 Å². The van der Waals surface area contributed by atoms with Crippen molar-refractivity contribution in [1.29, 1.82) is 0 Å². The highest BCUT2D eigenvalue weighted by molar-refractivity contribution is 5.95. The number of rotatable bonds is 5. The van der Waals surface area contributed by atoms with Gasteiger partial charge in [-0.05, 0) is 61.0 Å². The molecular formula is C20H18FN3O. The topological polar surface area (TPSA) is 54.0 Å². The van der Waals surface area contributed by atoms with Crippen molar-refractivity contribution in [2.75, 3.05) is 10.6 Å². The Balaban J connectivity index is 1.71. The Labute approximate surface area is 145 Å². The number of pyridine rings is 1. The second-order valence-electron chi connectivity index (χ2n) is 5.68. The first-order valence-electron chi connectivity index (χ1n) is 7.96. The lowest BCUT2D eigenvalue weighted by atomic mass is 9.99. The van der Waals surface area contributed by atoms with Crippen LogP contribution in [0.2, 0.25) is 0 Å². The van der Waals surface area contributed by atoms with Crippen molar-refractivity contribution in [3.05, 3.63) is 84.3 Å². The standard InChI is InChI=1S/C20H18FN3O/c1-14(20(25)24-19-7-2-3-12-22-19)15-5-4-6-18(13-15)23-17-10-8-16(21)9-11-17/h2-14,23H,1H3,(H,22,24,25).